The summed E-state index contributed by atoms with van der Waals surface area (Å²) in [6.45, 7) is 8.02. The summed E-state index contributed by atoms with van der Waals surface area (Å²) in [7, 11) is 0. The third-order valence-electron chi connectivity index (χ3n) is 4.26. The summed E-state index contributed by atoms with van der Waals surface area (Å²) < 4.78 is 0. The van der Waals surface area contributed by atoms with Gasteiger partial charge in [0.2, 0.25) is 11.8 Å². The van der Waals surface area contributed by atoms with Gasteiger partial charge in [-0.1, -0.05) is 44.2 Å². The zero-order valence-electron chi connectivity index (χ0n) is 16.2. The fourth-order valence-corrected chi connectivity index (χ4v) is 2.64. The van der Waals surface area contributed by atoms with Crippen LogP contribution in [0.4, 0.5) is 11.4 Å². The molecule has 0 bridgehead atoms. The van der Waals surface area contributed by atoms with Gasteiger partial charge in [-0.25, -0.2) is 0 Å². The minimum atomic E-state index is -0.198. The van der Waals surface area contributed by atoms with Gasteiger partial charge in [0.15, 0.2) is 0 Å². The van der Waals surface area contributed by atoms with Gasteiger partial charge in [0.25, 0.3) is 0 Å². The van der Waals surface area contributed by atoms with Crippen LogP contribution in [0.2, 0.25) is 0 Å². The van der Waals surface area contributed by atoms with Gasteiger partial charge in [0, 0.05) is 17.5 Å². The molecule has 2 aromatic rings. The number of aryl methyl sites for hydroxylation is 1. The summed E-state index contributed by atoms with van der Waals surface area (Å²) in [5.41, 5.74) is 3.31. The first-order valence-corrected chi connectivity index (χ1v) is 9.18. The molecule has 2 rings (SSSR count). The number of carbonyl (C=O) groups is 2. The average Bonchev–Trinajstić information content (AvgIpc) is 2.67. The SMILES string of the molecule is CCN(CC)CC(=O)Nc1ccc(NC(=O)/C=C/c2ccccc2)cc1C. The van der Waals surface area contributed by atoms with Crippen molar-refractivity contribution < 1.29 is 9.59 Å². The first-order chi connectivity index (χ1) is 13.0. The van der Waals surface area contributed by atoms with E-state index in [9.17, 15) is 9.59 Å². The Morgan fingerprint density at radius 3 is 2.33 bits per heavy atom. The molecule has 0 spiro atoms. The van der Waals surface area contributed by atoms with Crippen LogP contribution in [0.5, 0.6) is 0 Å². The maximum Gasteiger partial charge on any atom is 0.248 e. The number of rotatable bonds is 8. The molecule has 27 heavy (non-hydrogen) atoms. The number of hydrogen-bond donors (Lipinski definition) is 2. The van der Waals surface area contributed by atoms with Crippen LogP contribution in [-0.4, -0.2) is 36.3 Å². The lowest BCUT2D eigenvalue weighted by Gasteiger charge is -2.18. The summed E-state index contributed by atoms with van der Waals surface area (Å²) in [4.78, 5) is 26.3. The Labute approximate surface area is 161 Å². The lowest BCUT2D eigenvalue weighted by Crippen LogP contribution is -2.33. The average molecular weight is 365 g/mol. The molecule has 2 N–H and O–H groups in total. The van der Waals surface area contributed by atoms with Crippen molar-refractivity contribution in [2.75, 3.05) is 30.3 Å². The molecule has 2 aromatic carbocycles. The second kappa shape index (κ2) is 10.3. The fourth-order valence-electron chi connectivity index (χ4n) is 2.64. The van der Waals surface area contributed by atoms with Gasteiger partial charge in [-0.3, -0.25) is 14.5 Å². The molecule has 0 radical (unpaired) electrons. The van der Waals surface area contributed by atoms with E-state index >= 15 is 0 Å². The predicted octanol–water partition coefficient (Wildman–Crippen LogP) is 3.93. The number of benzene rings is 2. The molecule has 5 heteroatoms. The highest BCUT2D eigenvalue weighted by atomic mass is 16.2. The lowest BCUT2D eigenvalue weighted by molar-refractivity contribution is -0.117. The number of anilines is 2. The molecule has 0 atom stereocenters. The molecule has 5 nitrogen and oxygen atoms in total. The quantitative estimate of drug-likeness (QED) is 0.697. The lowest BCUT2D eigenvalue weighted by atomic mass is 10.1. The maximum absolute atomic E-state index is 12.1. The maximum atomic E-state index is 12.1. The highest BCUT2D eigenvalue weighted by molar-refractivity contribution is 6.02. The molecule has 0 heterocycles. The summed E-state index contributed by atoms with van der Waals surface area (Å²) in [5.74, 6) is -0.235. The van der Waals surface area contributed by atoms with E-state index in [1.54, 1.807) is 12.1 Å². The Morgan fingerprint density at radius 1 is 1.00 bits per heavy atom. The molecule has 0 aliphatic rings. The van der Waals surface area contributed by atoms with E-state index in [-0.39, 0.29) is 11.8 Å². The zero-order chi connectivity index (χ0) is 19.6. The number of amides is 2. The normalized spacial score (nSPS) is 11.0. The van der Waals surface area contributed by atoms with Gasteiger partial charge in [-0.05, 0) is 55.4 Å². The first kappa shape index (κ1) is 20.4. The molecule has 2 amide bonds. The first-order valence-electron chi connectivity index (χ1n) is 9.18. The number of nitrogens with zero attached hydrogens (tertiary/aromatic N) is 1. The molecular formula is C22H27N3O2. The highest BCUT2D eigenvalue weighted by Gasteiger charge is 2.09. The Morgan fingerprint density at radius 2 is 1.70 bits per heavy atom. The second-order valence-corrected chi connectivity index (χ2v) is 6.27. The van der Waals surface area contributed by atoms with Crippen molar-refractivity contribution in [3.63, 3.8) is 0 Å². The fraction of sp³-hybridized carbons (Fsp3) is 0.273. The van der Waals surface area contributed by atoms with Gasteiger partial charge in [-0.15, -0.1) is 0 Å². The zero-order valence-corrected chi connectivity index (χ0v) is 16.2. The topological polar surface area (TPSA) is 61.4 Å². The van der Waals surface area contributed by atoms with Gasteiger partial charge in [0.1, 0.15) is 0 Å². The molecule has 0 saturated heterocycles. The largest absolute Gasteiger partial charge is 0.325 e. The molecule has 0 saturated carbocycles. The predicted molar refractivity (Wildman–Crippen MR) is 112 cm³/mol. The van der Waals surface area contributed by atoms with E-state index < -0.39 is 0 Å². The van der Waals surface area contributed by atoms with Crippen LogP contribution in [0.1, 0.15) is 25.0 Å². The molecule has 0 unspecified atom stereocenters. The van der Waals surface area contributed by atoms with Crippen LogP contribution in [0, 0.1) is 6.92 Å². The number of carbonyl (C=O) groups excluding carboxylic acids is 2. The molecule has 0 aliphatic carbocycles. The van der Waals surface area contributed by atoms with Crippen LogP contribution in [0.25, 0.3) is 6.08 Å². The van der Waals surface area contributed by atoms with E-state index in [0.29, 0.717) is 12.2 Å². The standard InChI is InChI=1S/C22H27N3O2/c1-4-25(5-2)16-22(27)24-20-13-12-19(15-17(20)3)23-21(26)14-11-18-9-7-6-8-10-18/h6-15H,4-5,16H2,1-3H3,(H,23,26)(H,24,27)/b14-11+. The Balaban J connectivity index is 1.94. The van der Waals surface area contributed by atoms with Crippen molar-refractivity contribution in [2.24, 2.45) is 0 Å². The van der Waals surface area contributed by atoms with E-state index in [1.165, 1.54) is 6.08 Å². The summed E-state index contributed by atoms with van der Waals surface area (Å²) in [5, 5.41) is 5.77. The third kappa shape index (κ3) is 6.72. The third-order valence-corrected chi connectivity index (χ3v) is 4.26. The number of hydrogen-bond acceptors (Lipinski definition) is 3. The molecule has 0 aliphatic heterocycles. The molecule has 142 valence electrons. The minimum Gasteiger partial charge on any atom is -0.325 e. The van der Waals surface area contributed by atoms with Crippen molar-refractivity contribution in [1.82, 2.24) is 4.90 Å². The smallest absolute Gasteiger partial charge is 0.248 e. The van der Waals surface area contributed by atoms with Gasteiger partial charge >= 0.3 is 0 Å². The number of nitrogens with one attached hydrogen (secondary N) is 2. The van der Waals surface area contributed by atoms with Crippen molar-refractivity contribution in [3.8, 4) is 0 Å². The van der Waals surface area contributed by atoms with Crippen molar-refractivity contribution in [2.45, 2.75) is 20.8 Å². The van der Waals surface area contributed by atoms with Crippen LogP contribution < -0.4 is 10.6 Å². The Kier molecular flexibility index (Phi) is 7.77. The van der Waals surface area contributed by atoms with Gasteiger partial charge in [0.05, 0.1) is 6.54 Å². The van der Waals surface area contributed by atoms with Crippen molar-refractivity contribution >= 4 is 29.3 Å². The van der Waals surface area contributed by atoms with Crippen molar-refractivity contribution in [1.29, 1.82) is 0 Å². The summed E-state index contributed by atoms with van der Waals surface area (Å²) >= 11 is 0. The highest BCUT2D eigenvalue weighted by Crippen LogP contribution is 2.20. The molecule has 0 fully saturated rings. The summed E-state index contributed by atoms with van der Waals surface area (Å²) in [6.07, 6.45) is 3.27. The van der Waals surface area contributed by atoms with Crippen LogP contribution in [0.3, 0.4) is 0 Å². The van der Waals surface area contributed by atoms with Crippen LogP contribution in [-0.2, 0) is 9.59 Å². The van der Waals surface area contributed by atoms with E-state index in [0.717, 1.165) is 29.9 Å². The van der Waals surface area contributed by atoms with Crippen molar-refractivity contribution in [3.05, 3.63) is 65.7 Å². The van der Waals surface area contributed by atoms with E-state index in [1.807, 2.05) is 63.2 Å². The monoisotopic (exact) mass is 365 g/mol. The van der Waals surface area contributed by atoms with Crippen LogP contribution >= 0.6 is 0 Å². The van der Waals surface area contributed by atoms with E-state index in [2.05, 4.69) is 15.5 Å². The Bertz CT molecular complexity index is 796. The van der Waals surface area contributed by atoms with Gasteiger partial charge in [-0.2, -0.15) is 0 Å². The Hall–Kier alpha value is -2.92. The van der Waals surface area contributed by atoms with Crippen LogP contribution in [0.15, 0.2) is 54.6 Å². The molecular weight excluding hydrogens is 338 g/mol. The second-order valence-electron chi connectivity index (χ2n) is 6.27. The molecule has 0 aromatic heterocycles. The van der Waals surface area contributed by atoms with Gasteiger partial charge < -0.3 is 10.6 Å². The summed E-state index contributed by atoms with van der Waals surface area (Å²) in [6, 6.07) is 15.1. The van der Waals surface area contributed by atoms with E-state index in [4.69, 9.17) is 0 Å². The minimum absolute atomic E-state index is 0.0376. The number of likely N-dealkylation sites (N-methyl/N-ethyl adjacent to an activating group) is 1.